The maximum Gasteiger partial charge on any atom is 0.260 e. The summed E-state index contributed by atoms with van der Waals surface area (Å²) in [4.78, 5) is 4.07. The van der Waals surface area contributed by atoms with E-state index in [1.165, 1.54) is 13.2 Å². The Morgan fingerprint density at radius 1 is 1.47 bits per heavy atom. The highest BCUT2D eigenvalue weighted by molar-refractivity contribution is 5.55. The Labute approximate surface area is 97.6 Å². The van der Waals surface area contributed by atoms with Gasteiger partial charge in [-0.3, -0.25) is 0 Å². The number of methoxy groups -OCH3 is 1. The van der Waals surface area contributed by atoms with Gasteiger partial charge >= 0.3 is 0 Å². The molecule has 6 heteroatoms. The maximum atomic E-state index is 13.7. The molecule has 0 aliphatic heterocycles. The molecule has 0 saturated carbocycles. The summed E-state index contributed by atoms with van der Waals surface area (Å²) in [6, 6.07) is 4.46. The van der Waals surface area contributed by atoms with Gasteiger partial charge in [-0.25, -0.2) is 4.39 Å². The first kappa shape index (κ1) is 11.5. The van der Waals surface area contributed by atoms with E-state index < -0.39 is 5.82 Å². The third-order valence-electron chi connectivity index (χ3n) is 2.21. The first-order valence-corrected chi connectivity index (χ1v) is 5.05. The fourth-order valence-electron chi connectivity index (χ4n) is 1.39. The van der Waals surface area contributed by atoms with Gasteiger partial charge in [0.1, 0.15) is 11.6 Å². The van der Waals surface area contributed by atoms with E-state index in [0.717, 1.165) is 0 Å². The second-order valence-corrected chi connectivity index (χ2v) is 3.39. The Morgan fingerprint density at radius 2 is 2.29 bits per heavy atom. The molecule has 0 amide bonds. The van der Waals surface area contributed by atoms with Gasteiger partial charge < -0.3 is 14.6 Å². The summed E-state index contributed by atoms with van der Waals surface area (Å²) in [5.74, 6) is 0.637. The first-order valence-electron chi connectivity index (χ1n) is 5.05. The van der Waals surface area contributed by atoms with Crippen LogP contribution >= 0.6 is 0 Å². The Bertz CT molecular complexity index is 513. The second kappa shape index (κ2) is 4.92. The van der Waals surface area contributed by atoms with Crippen molar-refractivity contribution in [1.82, 2.24) is 15.5 Å². The van der Waals surface area contributed by atoms with E-state index in [9.17, 15) is 4.39 Å². The molecule has 0 bridgehead atoms. The lowest BCUT2D eigenvalue weighted by Crippen LogP contribution is -2.06. The minimum Gasteiger partial charge on any atom is -0.497 e. The van der Waals surface area contributed by atoms with Gasteiger partial charge in [0.15, 0.2) is 5.82 Å². The van der Waals surface area contributed by atoms with Crippen LogP contribution in [0.1, 0.15) is 5.82 Å². The maximum absolute atomic E-state index is 13.7. The molecule has 0 saturated heterocycles. The van der Waals surface area contributed by atoms with Gasteiger partial charge in [0, 0.05) is 6.07 Å². The molecule has 5 nitrogen and oxygen atoms in total. The van der Waals surface area contributed by atoms with E-state index in [-0.39, 0.29) is 11.5 Å². The Morgan fingerprint density at radius 3 is 2.94 bits per heavy atom. The van der Waals surface area contributed by atoms with Crippen LogP contribution in [0.2, 0.25) is 0 Å². The lowest BCUT2D eigenvalue weighted by Gasteiger charge is -2.01. The van der Waals surface area contributed by atoms with Gasteiger partial charge in [0.25, 0.3) is 5.89 Å². The van der Waals surface area contributed by atoms with Crippen molar-refractivity contribution in [1.29, 1.82) is 0 Å². The zero-order valence-electron chi connectivity index (χ0n) is 9.53. The van der Waals surface area contributed by atoms with Crippen LogP contribution in [0.5, 0.6) is 5.75 Å². The lowest BCUT2D eigenvalue weighted by atomic mass is 10.2. The van der Waals surface area contributed by atoms with Crippen LogP contribution in [0.3, 0.4) is 0 Å². The number of benzene rings is 1. The molecule has 1 N–H and O–H groups in total. The zero-order valence-corrected chi connectivity index (χ0v) is 9.53. The van der Waals surface area contributed by atoms with Gasteiger partial charge in [-0.15, -0.1) is 0 Å². The predicted molar refractivity (Wildman–Crippen MR) is 59.0 cm³/mol. The minimum absolute atomic E-state index is 0.162. The number of ether oxygens (including phenoxy) is 1. The Balaban J connectivity index is 2.32. The van der Waals surface area contributed by atoms with Crippen molar-refractivity contribution in [3.63, 3.8) is 0 Å². The third kappa shape index (κ3) is 2.42. The quantitative estimate of drug-likeness (QED) is 0.875. The van der Waals surface area contributed by atoms with Gasteiger partial charge in [-0.1, -0.05) is 5.16 Å². The fourth-order valence-corrected chi connectivity index (χ4v) is 1.39. The largest absolute Gasteiger partial charge is 0.497 e. The first-order chi connectivity index (χ1) is 8.24. The van der Waals surface area contributed by atoms with E-state index in [1.54, 1.807) is 19.2 Å². The molecular weight excluding hydrogens is 225 g/mol. The van der Waals surface area contributed by atoms with Crippen molar-refractivity contribution in [2.24, 2.45) is 0 Å². The topological polar surface area (TPSA) is 60.2 Å². The summed E-state index contributed by atoms with van der Waals surface area (Å²) in [6.07, 6.45) is 0. The summed E-state index contributed by atoms with van der Waals surface area (Å²) >= 11 is 0. The number of hydrogen-bond acceptors (Lipinski definition) is 5. The lowest BCUT2D eigenvalue weighted by molar-refractivity contribution is 0.408. The van der Waals surface area contributed by atoms with Crippen LogP contribution in [0.25, 0.3) is 11.5 Å². The number of halogens is 1. The van der Waals surface area contributed by atoms with Gasteiger partial charge in [-0.05, 0) is 19.2 Å². The summed E-state index contributed by atoms with van der Waals surface area (Å²) in [5, 5.41) is 6.60. The monoisotopic (exact) mass is 237 g/mol. The normalized spacial score (nSPS) is 10.5. The van der Waals surface area contributed by atoms with E-state index in [1.807, 2.05) is 0 Å². The average Bonchev–Trinajstić information content (AvgIpc) is 2.78. The third-order valence-corrected chi connectivity index (χ3v) is 2.21. The van der Waals surface area contributed by atoms with Gasteiger partial charge in [0.2, 0.25) is 0 Å². The van der Waals surface area contributed by atoms with Crippen LogP contribution in [-0.4, -0.2) is 24.3 Å². The summed E-state index contributed by atoms with van der Waals surface area (Å²) in [5.41, 5.74) is 0.264. The van der Waals surface area contributed by atoms with Crippen LogP contribution < -0.4 is 10.1 Å². The number of nitrogens with zero attached hydrogens (tertiary/aromatic N) is 2. The molecule has 1 aromatic heterocycles. The van der Waals surface area contributed by atoms with Crippen LogP contribution in [0.15, 0.2) is 22.7 Å². The highest BCUT2D eigenvalue weighted by Crippen LogP contribution is 2.24. The van der Waals surface area contributed by atoms with Gasteiger partial charge in [0.05, 0.1) is 19.2 Å². The van der Waals surface area contributed by atoms with Crippen molar-refractivity contribution in [3.05, 3.63) is 29.8 Å². The van der Waals surface area contributed by atoms with E-state index in [0.29, 0.717) is 18.1 Å². The van der Waals surface area contributed by atoms with Crippen molar-refractivity contribution in [3.8, 4) is 17.2 Å². The molecule has 0 fully saturated rings. The fraction of sp³-hybridized carbons (Fsp3) is 0.273. The van der Waals surface area contributed by atoms with Crippen LogP contribution in [0, 0.1) is 5.82 Å². The summed E-state index contributed by atoms with van der Waals surface area (Å²) in [6.45, 7) is 0.473. The molecular formula is C11H12FN3O2. The second-order valence-electron chi connectivity index (χ2n) is 3.39. The molecule has 0 aliphatic rings. The molecule has 1 heterocycles. The van der Waals surface area contributed by atoms with Crippen molar-refractivity contribution in [2.45, 2.75) is 6.54 Å². The molecule has 2 aromatic rings. The molecule has 0 radical (unpaired) electrons. The summed E-state index contributed by atoms with van der Waals surface area (Å²) in [7, 11) is 3.25. The average molecular weight is 237 g/mol. The molecule has 17 heavy (non-hydrogen) atoms. The summed E-state index contributed by atoms with van der Waals surface area (Å²) < 4.78 is 23.6. The molecule has 0 atom stereocenters. The Hall–Kier alpha value is -1.95. The molecule has 90 valence electrons. The predicted octanol–water partition coefficient (Wildman–Crippen LogP) is 1.60. The number of aromatic nitrogens is 2. The number of rotatable bonds is 4. The van der Waals surface area contributed by atoms with E-state index in [2.05, 4.69) is 15.5 Å². The zero-order chi connectivity index (χ0) is 12.3. The molecule has 2 rings (SSSR count). The van der Waals surface area contributed by atoms with Crippen molar-refractivity contribution in [2.75, 3.05) is 14.2 Å². The van der Waals surface area contributed by atoms with Crippen molar-refractivity contribution >= 4 is 0 Å². The molecule has 0 aliphatic carbocycles. The number of nitrogens with one attached hydrogen (secondary N) is 1. The van der Waals surface area contributed by atoms with E-state index >= 15 is 0 Å². The van der Waals surface area contributed by atoms with E-state index in [4.69, 9.17) is 9.26 Å². The SMILES string of the molecule is CNCc1noc(-c2ccc(OC)cc2F)n1. The van der Waals surface area contributed by atoms with Gasteiger partial charge in [-0.2, -0.15) is 4.98 Å². The number of hydrogen-bond donors (Lipinski definition) is 1. The smallest absolute Gasteiger partial charge is 0.260 e. The molecule has 0 spiro atoms. The van der Waals surface area contributed by atoms with Crippen molar-refractivity contribution < 1.29 is 13.7 Å². The highest BCUT2D eigenvalue weighted by atomic mass is 19.1. The standard InChI is InChI=1S/C11H12FN3O2/c1-13-6-10-14-11(17-15-10)8-4-3-7(16-2)5-9(8)12/h3-5,13H,6H2,1-2H3. The Kier molecular flexibility index (Phi) is 3.34. The minimum atomic E-state index is -0.455. The van der Waals surface area contributed by atoms with Crippen LogP contribution in [-0.2, 0) is 6.54 Å². The highest BCUT2D eigenvalue weighted by Gasteiger charge is 2.13. The molecule has 1 aromatic carbocycles. The molecule has 0 unspecified atom stereocenters. The van der Waals surface area contributed by atoms with Crippen LogP contribution in [0.4, 0.5) is 4.39 Å².